The number of rotatable bonds is 5. The van der Waals surface area contributed by atoms with Gasteiger partial charge in [0.25, 0.3) is 10.0 Å². The predicted molar refractivity (Wildman–Crippen MR) is 108 cm³/mol. The highest BCUT2D eigenvalue weighted by Gasteiger charge is 2.35. The molecular weight excluding hydrogens is 477 g/mol. The van der Waals surface area contributed by atoms with Crippen molar-refractivity contribution >= 4 is 21.4 Å². The first-order valence-electron chi connectivity index (χ1n) is 9.08. The third kappa shape index (κ3) is 4.61. The van der Waals surface area contributed by atoms with Gasteiger partial charge in [0.2, 0.25) is 0 Å². The summed E-state index contributed by atoms with van der Waals surface area (Å²) in [5, 5.41) is 0. The summed E-state index contributed by atoms with van der Waals surface area (Å²) in [5.41, 5.74) is -4.54. The minimum Gasteiger partial charge on any atom is -0.377 e. The molecule has 4 nitrogen and oxygen atoms in total. The monoisotopic (exact) mass is 492 g/mol. The number of hydrogen-bond acceptors (Lipinski definition) is 3. The molecule has 0 aromatic heterocycles. The van der Waals surface area contributed by atoms with Crippen LogP contribution in [0.1, 0.15) is 5.56 Å². The van der Waals surface area contributed by atoms with Gasteiger partial charge in [-0.2, -0.15) is 13.2 Å². The highest BCUT2D eigenvalue weighted by atomic mass is 32.2. The molecule has 33 heavy (non-hydrogen) atoms. The summed E-state index contributed by atoms with van der Waals surface area (Å²) in [5.74, 6) is -8.59. The zero-order chi connectivity index (χ0) is 24.7. The van der Waals surface area contributed by atoms with Gasteiger partial charge in [-0.05, 0) is 29.8 Å². The van der Waals surface area contributed by atoms with Gasteiger partial charge in [-0.15, -0.1) is 0 Å². The highest BCUT2D eigenvalue weighted by Crippen LogP contribution is 2.42. The van der Waals surface area contributed by atoms with E-state index in [0.717, 1.165) is 23.1 Å². The molecule has 0 saturated heterocycles. The summed E-state index contributed by atoms with van der Waals surface area (Å²) in [6, 6.07) is 8.36. The lowest BCUT2D eigenvalue weighted by atomic mass is 9.99. The van der Waals surface area contributed by atoms with Crippen molar-refractivity contribution in [1.29, 1.82) is 0 Å². The fourth-order valence-electron chi connectivity index (χ4n) is 3.09. The number of nitrogens with one attached hydrogen (secondary N) is 1. The molecule has 3 aromatic rings. The maximum atomic E-state index is 14.8. The largest absolute Gasteiger partial charge is 0.418 e. The molecule has 3 aromatic carbocycles. The molecule has 0 aliphatic rings. The van der Waals surface area contributed by atoms with Gasteiger partial charge in [0.05, 0.1) is 16.1 Å². The van der Waals surface area contributed by atoms with Crippen molar-refractivity contribution in [3.63, 3.8) is 0 Å². The quantitative estimate of drug-likeness (QED) is 0.279. The Bertz CT molecular complexity index is 1310. The second-order valence-electron chi connectivity index (χ2n) is 7.05. The zero-order valence-electron chi connectivity index (χ0n) is 16.9. The molecule has 12 heteroatoms. The summed E-state index contributed by atoms with van der Waals surface area (Å²) < 4.78 is 124. The average Bonchev–Trinajstić information content (AvgIpc) is 2.75. The lowest BCUT2D eigenvalue weighted by Gasteiger charge is -2.22. The van der Waals surface area contributed by atoms with Crippen molar-refractivity contribution in [2.75, 3.05) is 23.7 Å². The minimum absolute atomic E-state index is 0.401. The normalized spacial score (nSPS) is 12.0. The van der Waals surface area contributed by atoms with Crippen LogP contribution in [0.25, 0.3) is 11.1 Å². The second-order valence-corrected chi connectivity index (χ2v) is 8.73. The van der Waals surface area contributed by atoms with Crippen molar-refractivity contribution in [3.05, 3.63) is 77.4 Å². The number of halogens is 7. The van der Waals surface area contributed by atoms with Gasteiger partial charge in [-0.3, -0.25) is 4.72 Å². The standard InChI is InChI=1S/C21H15F7N2O2S/c1-30(2)14-10-11(8-9-13(14)21(26,27)28)15-16(22)17(23)18(24)19(25)20(15)29-33(31,32)12-6-4-3-5-7-12/h3-10,29H,1-2H3. The van der Waals surface area contributed by atoms with Crippen LogP contribution in [-0.4, -0.2) is 22.5 Å². The van der Waals surface area contributed by atoms with E-state index >= 15 is 0 Å². The van der Waals surface area contributed by atoms with E-state index in [0.29, 0.717) is 12.1 Å². The van der Waals surface area contributed by atoms with Gasteiger partial charge in [0.15, 0.2) is 23.3 Å². The van der Waals surface area contributed by atoms with Crippen molar-refractivity contribution in [2.45, 2.75) is 11.1 Å². The summed E-state index contributed by atoms with van der Waals surface area (Å²) in [4.78, 5) is 0.621. The number of benzene rings is 3. The topological polar surface area (TPSA) is 49.4 Å². The van der Waals surface area contributed by atoms with E-state index in [9.17, 15) is 39.2 Å². The second kappa shape index (κ2) is 8.58. The fraction of sp³-hybridized carbons (Fsp3) is 0.143. The number of alkyl halides is 3. The van der Waals surface area contributed by atoms with Gasteiger partial charge in [-0.25, -0.2) is 26.0 Å². The molecule has 0 bridgehead atoms. The van der Waals surface area contributed by atoms with Crippen molar-refractivity contribution in [3.8, 4) is 11.1 Å². The van der Waals surface area contributed by atoms with E-state index < -0.39 is 72.4 Å². The van der Waals surface area contributed by atoms with Crippen LogP contribution in [0.4, 0.5) is 42.1 Å². The van der Waals surface area contributed by atoms with Crippen LogP contribution in [0.15, 0.2) is 53.4 Å². The molecule has 0 heterocycles. The molecule has 0 aliphatic carbocycles. The Balaban J connectivity index is 2.30. The molecule has 0 saturated carbocycles. The number of anilines is 2. The lowest BCUT2D eigenvalue weighted by molar-refractivity contribution is -0.137. The first-order chi connectivity index (χ1) is 15.3. The molecule has 0 atom stereocenters. The molecule has 0 amide bonds. The molecule has 0 spiro atoms. The summed E-state index contributed by atoms with van der Waals surface area (Å²) in [7, 11) is -2.12. The van der Waals surface area contributed by atoms with E-state index in [1.807, 2.05) is 0 Å². The van der Waals surface area contributed by atoms with E-state index in [1.54, 1.807) is 4.72 Å². The molecule has 1 N–H and O–H groups in total. The first kappa shape index (κ1) is 24.4. The summed E-state index contributed by atoms with van der Waals surface area (Å²) in [6.45, 7) is 0. The van der Waals surface area contributed by atoms with Crippen LogP contribution in [0, 0.1) is 23.3 Å². The van der Waals surface area contributed by atoms with E-state index in [4.69, 9.17) is 0 Å². The Morgan fingerprint density at radius 3 is 1.94 bits per heavy atom. The smallest absolute Gasteiger partial charge is 0.377 e. The van der Waals surface area contributed by atoms with Gasteiger partial charge >= 0.3 is 6.18 Å². The molecular formula is C21H15F7N2O2S. The van der Waals surface area contributed by atoms with Gasteiger partial charge in [-0.1, -0.05) is 24.3 Å². The van der Waals surface area contributed by atoms with Gasteiger partial charge in [0.1, 0.15) is 0 Å². The summed E-state index contributed by atoms with van der Waals surface area (Å²) >= 11 is 0. The molecule has 0 unspecified atom stereocenters. The predicted octanol–water partition coefficient (Wildman–Crippen LogP) is 5.80. The molecule has 176 valence electrons. The highest BCUT2D eigenvalue weighted by molar-refractivity contribution is 7.92. The molecule has 0 aliphatic heterocycles. The fourth-order valence-corrected chi connectivity index (χ4v) is 4.18. The lowest BCUT2D eigenvalue weighted by Crippen LogP contribution is -2.18. The van der Waals surface area contributed by atoms with Crippen LogP contribution in [0.2, 0.25) is 0 Å². The average molecular weight is 492 g/mol. The Labute approximate surface area is 184 Å². The van der Waals surface area contributed by atoms with E-state index in [-0.39, 0.29) is 0 Å². The third-order valence-corrected chi connectivity index (χ3v) is 6.00. The van der Waals surface area contributed by atoms with Gasteiger partial charge in [0, 0.05) is 25.3 Å². The minimum atomic E-state index is -4.81. The third-order valence-electron chi connectivity index (χ3n) is 4.63. The maximum Gasteiger partial charge on any atom is 0.418 e. The molecule has 0 radical (unpaired) electrons. The summed E-state index contributed by atoms with van der Waals surface area (Å²) in [6.07, 6.45) is -4.81. The van der Waals surface area contributed by atoms with Crippen molar-refractivity contribution < 1.29 is 39.2 Å². The van der Waals surface area contributed by atoms with Crippen LogP contribution in [-0.2, 0) is 16.2 Å². The van der Waals surface area contributed by atoms with E-state index in [1.165, 1.54) is 32.3 Å². The number of hydrogen-bond donors (Lipinski definition) is 1. The van der Waals surface area contributed by atoms with Gasteiger partial charge < -0.3 is 4.90 Å². The Kier molecular flexibility index (Phi) is 6.33. The number of sulfonamides is 1. The van der Waals surface area contributed by atoms with Crippen LogP contribution >= 0.6 is 0 Å². The Morgan fingerprint density at radius 1 is 0.818 bits per heavy atom. The Hall–Kier alpha value is -3.28. The van der Waals surface area contributed by atoms with Crippen LogP contribution in [0.3, 0.4) is 0 Å². The molecule has 0 fully saturated rings. The van der Waals surface area contributed by atoms with Crippen LogP contribution in [0.5, 0.6) is 0 Å². The zero-order valence-corrected chi connectivity index (χ0v) is 17.8. The van der Waals surface area contributed by atoms with Crippen LogP contribution < -0.4 is 9.62 Å². The van der Waals surface area contributed by atoms with Crippen molar-refractivity contribution in [2.24, 2.45) is 0 Å². The van der Waals surface area contributed by atoms with E-state index in [2.05, 4.69) is 0 Å². The number of nitrogens with zero attached hydrogens (tertiary/aromatic N) is 1. The van der Waals surface area contributed by atoms with Crippen molar-refractivity contribution in [1.82, 2.24) is 0 Å². The first-order valence-corrected chi connectivity index (χ1v) is 10.6. The molecule has 3 rings (SSSR count). The maximum absolute atomic E-state index is 14.8. The SMILES string of the molecule is CN(C)c1cc(-c2c(F)c(F)c(F)c(F)c2NS(=O)(=O)c2ccccc2)ccc1C(F)(F)F. The Morgan fingerprint density at radius 2 is 1.39 bits per heavy atom.